The van der Waals surface area contributed by atoms with Gasteiger partial charge in [0, 0.05) is 25.2 Å². The molecule has 1 aliphatic rings. The number of anilines is 1. The molecule has 1 aliphatic carbocycles. The summed E-state index contributed by atoms with van der Waals surface area (Å²) in [5, 5.41) is 0. The monoisotopic (exact) mass is 543 g/mol. The van der Waals surface area contributed by atoms with Gasteiger partial charge in [0.05, 0.1) is 0 Å². The molecule has 0 bridgehead atoms. The lowest BCUT2D eigenvalue weighted by Crippen LogP contribution is -2.25. The quantitative estimate of drug-likeness (QED) is 0.152. The number of benzene rings is 4. The van der Waals surface area contributed by atoms with Crippen molar-refractivity contribution in [1.29, 1.82) is 0 Å². The molecule has 5 rings (SSSR count). The smallest absolute Gasteiger partial charge is 0.0361 e. The molecule has 0 aliphatic heterocycles. The van der Waals surface area contributed by atoms with Crippen LogP contribution in [-0.2, 0) is 5.41 Å². The van der Waals surface area contributed by atoms with Crippen molar-refractivity contribution in [1.82, 2.24) is 0 Å². The first-order valence-corrected chi connectivity index (χ1v) is 16.1. The maximum atomic E-state index is 2.56. The summed E-state index contributed by atoms with van der Waals surface area (Å²) >= 11 is 0. The summed E-state index contributed by atoms with van der Waals surface area (Å²) in [5.41, 5.74) is 14.0. The number of fused-ring (bicyclic) bond motifs is 3. The molecule has 4 aromatic carbocycles. The van der Waals surface area contributed by atoms with Gasteiger partial charge >= 0.3 is 0 Å². The van der Waals surface area contributed by atoms with Gasteiger partial charge in [0.25, 0.3) is 0 Å². The Balaban J connectivity index is 1.63. The Kier molecular flexibility index (Phi) is 9.33. The first-order chi connectivity index (χ1) is 20.0. The van der Waals surface area contributed by atoms with Gasteiger partial charge < -0.3 is 4.90 Å². The van der Waals surface area contributed by atoms with Gasteiger partial charge in [-0.2, -0.15) is 0 Å². The van der Waals surface area contributed by atoms with Crippen LogP contribution in [0.4, 0.5) is 5.69 Å². The van der Waals surface area contributed by atoms with Crippen LogP contribution >= 0.6 is 0 Å². The SMILES string of the molecule is CCCCCCC1(CCCCCC)c2cc(-c3ccc(C)cc3)ccc2-c2ccc(-c3ccc(N(C)C)cc3)cc21. The maximum Gasteiger partial charge on any atom is 0.0361 e. The van der Waals surface area contributed by atoms with Gasteiger partial charge in [0.15, 0.2) is 0 Å². The molecule has 0 unspecified atom stereocenters. The lowest BCUT2D eigenvalue weighted by Gasteiger charge is -2.33. The highest BCUT2D eigenvalue weighted by Gasteiger charge is 2.42. The van der Waals surface area contributed by atoms with Gasteiger partial charge in [-0.3, -0.25) is 0 Å². The second-order valence-corrected chi connectivity index (χ2v) is 12.5. The van der Waals surface area contributed by atoms with E-state index in [1.165, 1.54) is 109 Å². The second-order valence-electron chi connectivity index (χ2n) is 12.5. The van der Waals surface area contributed by atoms with Crippen molar-refractivity contribution in [3.05, 3.63) is 102 Å². The molecule has 0 aromatic heterocycles. The normalized spacial score (nSPS) is 13.2. The van der Waals surface area contributed by atoms with Crippen molar-refractivity contribution < 1.29 is 0 Å². The van der Waals surface area contributed by atoms with Gasteiger partial charge in [-0.25, -0.2) is 0 Å². The highest BCUT2D eigenvalue weighted by atomic mass is 15.1. The Labute approximate surface area is 249 Å². The molecule has 0 atom stereocenters. The van der Waals surface area contributed by atoms with Crippen LogP contribution in [0.1, 0.15) is 94.7 Å². The third-order valence-electron chi connectivity index (χ3n) is 9.38. The first kappa shape index (κ1) is 29.2. The average molecular weight is 544 g/mol. The van der Waals surface area contributed by atoms with E-state index in [0.717, 1.165) is 0 Å². The van der Waals surface area contributed by atoms with E-state index in [-0.39, 0.29) is 5.41 Å². The molecule has 0 heterocycles. The van der Waals surface area contributed by atoms with Crippen molar-refractivity contribution in [3.8, 4) is 33.4 Å². The Morgan fingerprint density at radius 3 is 1.39 bits per heavy atom. The van der Waals surface area contributed by atoms with E-state index in [4.69, 9.17) is 0 Å². The Morgan fingerprint density at radius 2 is 0.951 bits per heavy atom. The molecule has 0 radical (unpaired) electrons. The summed E-state index contributed by atoms with van der Waals surface area (Å²) in [6.07, 6.45) is 12.9. The van der Waals surface area contributed by atoms with E-state index in [9.17, 15) is 0 Å². The summed E-state index contributed by atoms with van der Waals surface area (Å²) in [5.74, 6) is 0. The molecule has 4 aromatic rings. The van der Waals surface area contributed by atoms with Crippen LogP contribution in [0.2, 0.25) is 0 Å². The molecule has 0 N–H and O–H groups in total. The van der Waals surface area contributed by atoms with Crippen molar-refractivity contribution >= 4 is 5.69 Å². The van der Waals surface area contributed by atoms with Crippen molar-refractivity contribution in [2.24, 2.45) is 0 Å². The fraction of sp³-hybridized carbons (Fsp3) is 0.400. The van der Waals surface area contributed by atoms with Crippen LogP contribution < -0.4 is 4.90 Å². The summed E-state index contributed by atoms with van der Waals surface area (Å²) < 4.78 is 0. The van der Waals surface area contributed by atoms with Gasteiger partial charge in [0.1, 0.15) is 0 Å². The Bertz CT molecular complexity index is 1410. The Morgan fingerprint density at radius 1 is 0.512 bits per heavy atom. The molecule has 214 valence electrons. The predicted octanol–water partition coefficient (Wildman–Crippen LogP) is 11.6. The lowest BCUT2D eigenvalue weighted by molar-refractivity contribution is 0.401. The molecular formula is C40H49N. The zero-order chi connectivity index (χ0) is 28.8. The van der Waals surface area contributed by atoms with Crippen molar-refractivity contribution in [2.45, 2.75) is 90.4 Å². The number of rotatable bonds is 13. The summed E-state index contributed by atoms with van der Waals surface area (Å²) in [6, 6.07) is 32.8. The number of aryl methyl sites for hydroxylation is 1. The van der Waals surface area contributed by atoms with E-state index < -0.39 is 0 Å². The minimum Gasteiger partial charge on any atom is -0.378 e. The second kappa shape index (κ2) is 13.1. The van der Waals surface area contributed by atoms with Crippen LogP contribution in [0, 0.1) is 6.92 Å². The number of unbranched alkanes of at least 4 members (excludes halogenated alkanes) is 6. The van der Waals surface area contributed by atoms with E-state index in [0.29, 0.717) is 0 Å². The third-order valence-corrected chi connectivity index (χ3v) is 9.38. The molecule has 0 saturated carbocycles. The number of hydrogen-bond acceptors (Lipinski definition) is 1. The standard InChI is InChI=1S/C40H49N/c1-6-8-10-12-26-40(27-13-11-9-7-2)38-28-33(31-16-14-30(3)15-17-31)20-24-36(38)37-25-21-34(29-39(37)40)32-18-22-35(23-19-32)41(4)5/h14-25,28-29H,6-13,26-27H2,1-5H3. The highest BCUT2D eigenvalue weighted by Crippen LogP contribution is 2.55. The number of hydrogen-bond donors (Lipinski definition) is 0. The van der Waals surface area contributed by atoms with E-state index in [2.05, 4.69) is 125 Å². The average Bonchev–Trinajstić information content (AvgIpc) is 3.26. The van der Waals surface area contributed by atoms with Crippen molar-refractivity contribution in [2.75, 3.05) is 19.0 Å². The molecule has 1 nitrogen and oxygen atoms in total. The summed E-state index contributed by atoms with van der Waals surface area (Å²) in [4.78, 5) is 2.17. The van der Waals surface area contributed by atoms with Crippen molar-refractivity contribution in [3.63, 3.8) is 0 Å². The fourth-order valence-electron chi connectivity index (χ4n) is 6.92. The first-order valence-electron chi connectivity index (χ1n) is 16.1. The Hall–Kier alpha value is -3.32. The van der Waals surface area contributed by atoms with Crippen LogP contribution in [0.5, 0.6) is 0 Å². The minimum absolute atomic E-state index is 0.0758. The van der Waals surface area contributed by atoms with E-state index in [1.54, 1.807) is 11.1 Å². The van der Waals surface area contributed by atoms with E-state index >= 15 is 0 Å². The maximum absolute atomic E-state index is 2.56. The van der Waals surface area contributed by atoms with Gasteiger partial charge in [-0.05, 0) is 88.5 Å². The van der Waals surface area contributed by atoms with Gasteiger partial charge in [-0.15, -0.1) is 0 Å². The zero-order valence-electron chi connectivity index (χ0n) is 26.1. The number of nitrogens with zero attached hydrogens (tertiary/aromatic N) is 1. The van der Waals surface area contributed by atoms with E-state index in [1.807, 2.05) is 0 Å². The van der Waals surface area contributed by atoms with Crippen LogP contribution in [-0.4, -0.2) is 14.1 Å². The topological polar surface area (TPSA) is 3.24 Å². The molecule has 0 spiro atoms. The molecule has 0 amide bonds. The zero-order valence-corrected chi connectivity index (χ0v) is 26.1. The highest BCUT2D eigenvalue weighted by molar-refractivity contribution is 5.86. The lowest BCUT2D eigenvalue weighted by atomic mass is 9.70. The molecule has 0 saturated heterocycles. The summed E-state index contributed by atoms with van der Waals surface area (Å²) in [7, 11) is 4.22. The van der Waals surface area contributed by atoms with Crippen LogP contribution in [0.3, 0.4) is 0 Å². The molecule has 41 heavy (non-hydrogen) atoms. The van der Waals surface area contributed by atoms with Gasteiger partial charge in [-0.1, -0.05) is 131 Å². The van der Waals surface area contributed by atoms with Crippen LogP contribution in [0.25, 0.3) is 33.4 Å². The molecule has 1 heteroatoms. The minimum atomic E-state index is 0.0758. The van der Waals surface area contributed by atoms with Gasteiger partial charge in [0.2, 0.25) is 0 Å². The predicted molar refractivity (Wildman–Crippen MR) is 180 cm³/mol. The third kappa shape index (κ3) is 6.15. The summed E-state index contributed by atoms with van der Waals surface area (Å²) in [6.45, 7) is 6.82. The fourth-order valence-corrected chi connectivity index (χ4v) is 6.92. The van der Waals surface area contributed by atoms with Crippen LogP contribution in [0.15, 0.2) is 84.9 Å². The molecule has 0 fully saturated rings. The molecular weight excluding hydrogens is 494 g/mol. The largest absolute Gasteiger partial charge is 0.378 e.